The van der Waals surface area contributed by atoms with E-state index in [1.165, 1.54) is 17.4 Å². The lowest BCUT2D eigenvalue weighted by Crippen LogP contribution is -1.89. The number of anilines is 1. The van der Waals surface area contributed by atoms with Crippen LogP contribution in [-0.4, -0.2) is 9.97 Å². The van der Waals surface area contributed by atoms with Gasteiger partial charge >= 0.3 is 0 Å². The summed E-state index contributed by atoms with van der Waals surface area (Å²) >= 11 is 1.32. The van der Waals surface area contributed by atoms with E-state index in [0.717, 1.165) is 27.5 Å². The van der Waals surface area contributed by atoms with Gasteiger partial charge in [0.25, 0.3) is 0 Å². The van der Waals surface area contributed by atoms with Gasteiger partial charge in [0.05, 0.1) is 5.69 Å². The number of nitrogen functional groups attached to an aromatic ring is 1. The number of halogens is 2. The first-order chi connectivity index (χ1) is 11.0. The SMILES string of the molecule is Cc1cc(C)c2c(N)c(-c3nc4ccc(F)c(F)c4o3)sc2n1. The molecular weight excluding hydrogens is 320 g/mol. The number of hydrogen-bond donors (Lipinski definition) is 1. The zero-order valence-electron chi connectivity index (χ0n) is 12.3. The van der Waals surface area contributed by atoms with Crippen LogP contribution in [0.3, 0.4) is 0 Å². The van der Waals surface area contributed by atoms with Gasteiger partial charge in [-0.1, -0.05) is 0 Å². The molecule has 3 heterocycles. The molecule has 0 bridgehead atoms. The second-order valence-electron chi connectivity index (χ2n) is 5.33. The highest BCUT2D eigenvalue weighted by Crippen LogP contribution is 2.42. The van der Waals surface area contributed by atoms with Crippen molar-refractivity contribution in [3.05, 3.63) is 41.1 Å². The third kappa shape index (κ3) is 2.00. The van der Waals surface area contributed by atoms with Crippen molar-refractivity contribution in [2.75, 3.05) is 5.73 Å². The number of pyridine rings is 1. The molecule has 0 spiro atoms. The van der Waals surface area contributed by atoms with Crippen LogP contribution in [0, 0.1) is 25.5 Å². The number of aryl methyl sites for hydroxylation is 2. The molecule has 23 heavy (non-hydrogen) atoms. The van der Waals surface area contributed by atoms with E-state index in [9.17, 15) is 8.78 Å². The van der Waals surface area contributed by atoms with E-state index in [1.807, 2.05) is 19.9 Å². The van der Waals surface area contributed by atoms with Crippen molar-refractivity contribution in [2.45, 2.75) is 13.8 Å². The van der Waals surface area contributed by atoms with Gasteiger partial charge in [-0.05, 0) is 37.6 Å². The van der Waals surface area contributed by atoms with Gasteiger partial charge in [0.1, 0.15) is 15.2 Å². The molecule has 0 unspecified atom stereocenters. The standard InChI is InChI=1S/C16H11F2N3OS/c1-6-5-7(2)20-16-10(6)12(19)14(23-16)15-21-9-4-3-8(17)11(18)13(9)22-15/h3-5H,19H2,1-2H3. The average molecular weight is 331 g/mol. The quantitative estimate of drug-likeness (QED) is 0.554. The Morgan fingerprint density at radius 2 is 1.96 bits per heavy atom. The van der Waals surface area contributed by atoms with Gasteiger partial charge in [-0.25, -0.2) is 14.4 Å². The van der Waals surface area contributed by atoms with Crippen molar-refractivity contribution in [3.63, 3.8) is 0 Å². The lowest BCUT2D eigenvalue weighted by molar-refractivity contribution is 0.494. The molecular formula is C16H11F2N3OS. The lowest BCUT2D eigenvalue weighted by atomic mass is 10.1. The molecule has 0 saturated heterocycles. The van der Waals surface area contributed by atoms with Crippen molar-refractivity contribution in [2.24, 2.45) is 0 Å². The van der Waals surface area contributed by atoms with Gasteiger partial charge < -0.3 is 10.2 Å². The smallest absolute Gasteiger partial charge is 0.239 e. The maximum Gasteiger partial charge on any atom is 0.239 e. The van der Waals surface area contributed by atoms with Crippen molar-refractivity contribution < 1.29 is 13.2 Å². The monoisotopic (exact) mass is 331 g/mol. The predicted octanol–water partition coefficient (Wildman–Crippen LogP) is 4.58. The summed E-state index contributed by atoms with van der Waals surface area (Å²) in [5.74, 6) is -1.86. The number of rotatable bonds is 1. The molecule has 0 amide bonds. The Bertz CT molecular complexity index is 1080. The first kappa shape index (κ1) is 14.1. The van der Waals surface area contributed by atoms with E-state index in [4.69, 9.17) is 10.2 Å². The number of hydrogen-bond acceptors (Lipinski definition) is 5. The average Bonchev–Trinajstić information content (AvgIpc) is 3.05. The van der Waals surface area contributed by atoms with Crippen LogP contribution in [0.5, 0.6) is 0 Å². The summed E-state index contributed by atoms with van der Waals surface area (Å²) in [6, 6.07) is 4.33. The van der Waals surface area contributed by atoms with Crippen molar-refractivity contribution in [1.29, 1.82) is 0 Å². The molecule has 0 atom stereocenters. The summed E-state index contributed by atoms with van der Waals surface area (Å²) in [6.45, 7) is 3.85. The largest absolute Gasteiger partial charge is 0.432 e. The molecule has 0 aliphatic carbocycles. The molecule has 4 rings (SSSR count). The Kier molecular flexibility index (Phi) is 2.89. The fourth-order valence-corrected chi connectivity index (χ4v) is 3.80. The van der Waals surface area contributed by atoms with E-state index >= 15 is 0 Å². The minimum Gasteiger partial charge on any atom is -0.432 e. The number of oxazole rings is 1. The summed E-state index contributed by atoms with van der Waals surface area (Å²) in [7, 11) is 0. The van der Waals surface area contributed by atoms with Gasteiger partial charge in [-0.3, -0.25) is 0 Å². The van der Waals surface area contributed by atoms with Gasteiger partial charge in [0.2, 0.25) is 11.7 Å². The summed E-state index contributed by atoms with van der Waals surface area (Å²) < 4.78 is 32.5. The second kappa shape index (κ2) is 4.73. The first-order valence-electron chi connectivity index (χ1n) is 6.87. The van der Waals surface area contributed by atoms with E-state index < -0.39 is 11.6 Å². The van der Waals surface area contributed by atoms with Crippen LogP contribution in [-0.2, 0) is 0 Å². The van der Waals surface area contributed by atoms with E-state index in [-0.39, 0.29) is 17.0 Å². The van der Waals surface area contributed by atoms with Crippen LogP contribution >= 0.6 is 11.3 Å². The molecule has 1 aromatic carbocycles. The van der Waals surface area contributed by atoms with Gasteiger partial charge in [0.15, 0.2) is 11.4 Å². The Labute approximate surface area is 133 Å². The van der Waals surface area contributed by atoms with Gasteiger partial charge in [-0.2, -0.15) is 4.39 Å². The number of nitrogens with two attached hydrogens (primary N) is 1. The van der Waals surface area contributed by atoms with Crippen LogP contribution in [0.1, 0.15) is 11.3 Å². The number of nitrogens with zero attached hydrogens (tertiary/aromatic N) is 2. The zero-order chi connectivity index (χ0) is 16.3. The highest BCUT2D eigenvalue weighted by molar-refractivity contribution is 7.22. The molecule has 0 aliphatic heterocycles. The minimum absolute atomic E-state index is 0.169. The molecule has 116 valence electrons. The molecule has 7 heteroatoms. The third-order valence-electron chi connectivity index (χ3n) is 3.67. The Balaban J connectivity index is 2.01. The highest BCUT2D eigenvalue weighted by Gasteiger charge is 2.21. The van der Waals surface area contributed by atoms with E-state index in [2.05, 4.69) is 9.97 Å². The topological polar surface area (TPSA) is 64.9 Å². The molecule has 4 aromatic rings. The van der Waals surface area contributed by atoms with Crippen LogP contribution in [0.25, 0.3) is 32.1 Å². The fraction of sp³-hybridized carbons (Fsp3) is 0.125. The molecule has 0 saturated carbocycles. The van der Waals surface area contributed by atoms with Gasteiger partial charge in [-0.15, -0.1) is 11.3 Å². The molecule has 0 radical (unpaired) electrons. The normalized spacial score (nSPS) is 11.7. The molecule has 3 aromatic heterocycles. The number of aromatic nitrogens is 2. The van der Waals surface area contributed by atoms with Crippen molar-refractivity contribution in [1.82, 2.24) is 9.97 Å². The van der Waals surface area contributed by atoms with Crippen LogP contribution in [0.15, 0.2) is 22.6 Å². The first-order valence-corrected chi connectivity index (χ1v) is 7.68. The molecule has 0 fully saturated rings. The third-order valence-corrected chi connectivity index (χ3v) is 4.76. The molecule has 0 aliphatic rings. The maximum atomic E-state index is 13.8. The minimum atomic E-state index is -1.05. The summed E-state index contributed by atoms with van der Waals surface area (Å²) in [4.78, 5) is 10.0. The van der Waals surface area contributed by atoms with Gasteiger partial charge in [0, 0.05) is 11.1 Å². The van der Waals surface area contributed by atoms with Crippen LogP contribution in [0.2, 0.25) is 0 Å². The van der Waals surface area contributed by atoms with E-state index in [0.29, 0.717) is 10.6 Å². The number of fused-ring (bicyclic) bond motifs is 2. The Morgan fingerprint density at radius 1 is 1.17 bits per heavy atom. The lowest BCUT2D eigenvalue weighted by Gasteiger charge is -1.99. The summed E-state index contributed by atoms with van der Waals surface area (Å²) in [5, 5.41) is 0.838. The summed E-state index contributed by atoms with van der Waals surface area (Å²) in [6.07, 6.45) is 0. The predicted molar refractivity (Wildman–Crippen MR) is 86.4 cm³/mol. The maximum absolute atomic E-state index is 13.8. The second-order valence-corrected chi connectivity index (χ2v) is 6.33. The number of benzene rings is 1. The number of thiophene rings is 1. The zero-order valence-corrected chi connectivity index (χ0v) is 13.1. The fourth-order valence-electron chi connectivity index (χ4n) is 2.66. The molecule has 2 N–H and O–H groups in total. The molecule has 4 nitrogen and oxygen atoms in total. The highest BCUT2D eigenvalue weighted by atomic mass is 32.1. The van der Waals surface area contributed by atoms with Crippen LogP contribution in [0.4, 0.5) is 14.5 Å². The van der Waals surface area contributed by atoms with Crippen molar-refractivity contribution >= 4 is 38.3 Å². The Hall–Kier alpha value is -2.54. The van der Waals surface area contributed by atoms with E-state index in [1.54, 1.807) is 0 Å². The summed E-state index contributed by atoms with van der Waals surface area (Å²) in [5.41, 5.74) is 8.62. The Morgan fingerprint density at radius 3 is 2.74 bits per heavy atom. The van der Waals surface area contributed by atoms with Crippen molar-refractivity contribution in [3.8, 4) is 10.8 Å². The van der Waals surface area contributed by atoms with Crippen LogP contribution < -0.4 is 5.73 Å².